The number of aliphatic hydroxyl groups is 1. The molecule has 1 aliphatic heterocycles. The number of ketones is 1. The molecule has 1 atom stereocenters. The lowest BCUT2D eigenvalue weighted by Crippen LogP contribution is -2.29. The third kappa shape index (κ3) is 4.93. The molecule has 0 radical (unpaired) electrons. The van der Waals surface area contributed by atoms with Gasteiger partial charge in [-0.05, 0) is 42.7 Å². The van der Waals surface area contributed by atoms with Crippen LogP contribution in [0.25, 0.3) is 11.4 Å². The molecule has 1 saturated heterocycles. The van der Waals surface area contributed by atoms with Gasteiger partial charge in [0.05, 0.1) is 22.2 Å². The number of carbonyl (C=O) groups excluding carboxylic acids is 2. The van der Waals surface area contributed by atoms with E-state index in [1.165, 1.54) is 42.1 Å². The Morgan fingerprint density at radius 1 is 1.12 bits per heavy atom. The molecule has 2 aromatic carbocycles. The molecule has 1 N–H and O–H groups in total. The van der Waals surface area contributed by atoms with Crippen LogP contribution in [0.2, 0.25) is 0 Å². The van der Waals surface area contributed by atoms with Crippen LogP contribution in [-0.4, -0.2) is 41.3 Å². The summed E-state index contributed by atoms with van der Waals surface area (Å²) in [7, 11) is 0. The van der Waals surface area contributed by atoms with Gasteiger partial charge in [0.2, 0.25) is 5.13 Å². The van der Waals surface area contributed by atoms with E-state index >= 15 is 0 Å². The highest BCUT2D eigenvalue weighted by Gasteiger charge is 2.49. The van der Waals surface area contributed by atoms with Crippen LogP contribution in [-0.2, 0) is 15.3 Å². The first-order valence-electron chi connectivity index (χ1n) is 12.9. The topological polar surface area (TPSA) is 144 Å². The van der Waals surface area contributed by atoms with E-state index in [0.717, 1.165) is 21.8 Å². The number of nitro groups is 1. The van der Waals surface area contributed by atoms with E-state index in [4.69, 9.17) is 0 Å². The van der Waals surface area contributed by atoms with Crippen LogP contribution in [0, 0.1) is 29.8 Å². The summed E-state index contributed by atoms with van der Waals surface area (Å²) in [4.78, 5) is 43.8. The number of non-ortho nitro benzene ring substituents is 1. The lowest BCUT2D eigenvalue weighted by Gasteiger charge is -2.22. The first kappa shape index (κ1) is 28.2. The molecule has 1 aliphatic rings. The highest BCUT2D eigenvalue weighted by Crippen LogP contribution is 2.45. The van der Waals surface area contributed by atoms with Crippen molar-refractivity contribution in [2.75, 3.05) is 4.90 Å². The number of aryl methyl sites for hydroxylation is 2. The monoisotopic (exact) mass is 616 g/mol. The second-order valence-electron chi connectivity index (χ2n) is 9.68. The van der Waals surface area contributed by atoms with Gasteiger partial charge in [0.15, 0.2) is 10.1 Å². The number of pyridine rings is 1. The smallest absolute Gasteiger partial charge is 0.301 e. The van der Waals surface area contributed by atoms with Gasteiger partial charge in [-0.25, -0.2) is 9.37 Å². The summed E-state index contributed by atoms with van der Waals surface area (Å²) < 4.78 is 16.3. The quantitative estimate of drug-likeness (QED) is 0.0458. The first-order valence-corrected chi connectivity index (χ1v) is 14.7. The maximum atomic E-state index is 14.1. The minimum Gasteiger partial charge on any atom is -0.505 e. The van der Waals surface area contributed by atoms with E-state index in [-0.39, 0.29) is 39.2 Å². The molecule has 1 amide bonds. The van der Waals surface area contributed by atoms with Crippen LogP contribution in [0.15, 0.2) is 76.8 Å². The number of benzene rings is 2. The molecule has 0 aliphatic carbocycles. The fourth-order valence-electron chi connectivity index (χ4n) is 4.94. The van der Waals surface area contributed by atoms with Gasteiger partial charge in [-0.1, -0.05) is 59.5 Å². The SMILES string of the molecule is Cc1cccn2c(C)c(/C(O)=C3\C(=O)C(=O)N(c4nnc(SCc5ccccc5F)s4)C3c3cccc([N+](=O)[O-])c3)nc12. The number of amides is 1. The van der Waals surface area contributed by atoms with Crippen LogP contribution < -0.4 is 4.90 Å². The Balaban J connectivity index is 1.47. The molecule has 0 saturated carbocycles. The van der Waals surface area contributed by atoms with Gasteiger partial charge in [-0.15, -0.1) is 10.2 Å². The van der Waals surface area contributed by atoms with Crippen molar-refractivity contribution in [2.24, 2.45) is 0 Å². The normalized spacial score (nSPS) is 16.3. The maximum Gasteiger partial charge on any atom is 0.301 e. The van der Waals surface area contributed by atoms with Crippen LogP contribution >= 0.6 is 23.1 Å². The lowest BCUT2D eigenvalue weighted by atomic mass is 9.96. The number of aromatic nitrogens is 4. The number of aliphatic hydroxyl groups excluding tert-OH is 1. The third-order valence-electron chi connectivity index (χ3n) is 7.06. The summed E-state index contributed by atoms with van der Waals surface area (Å²) in [5, 5.41) is 31.5. The van der Waals surface area contributed by atoms with Crippen molar-refractivity contribution in [2.45, 2.75) is 30.0 Å². The van der Waals surface area contributed by atoms with Crippen molar-refractivity contribution < 1.29 is 24.0 Å². The fourth-order valence-corrected chi connectivity index (χ4v) is 6.79. The molecule has 14 heteroatoms. The van der Waals surface area contributed by atoms with E-state index in [9.17, 15) is 29.2 Å². The Labute approximate surface area is 251 Å². The number of hydrogen-bond acceptors (Lipinski definition) is 10. The van der Waals surface area contributed by atoms with Gasteiger partial charge in [0.1, 0.15) is 17.2 Å². The molecule has 4 heterocycles. The Morgan fingerprint density at radius 2 is 1.91 bits per heavy atom. The third-order valence-corrected chi connectivity index (χ3v) is 9.17. The number of imidazole rings is 1. The summed E-state index contributed by atoms with van der Waals surface area (Å²) in [6.07, 6.45) is 1.76. The van der Waals surface area contributed by atoms with Gasteiger partial charge in [0.25, 0.3) is 11.5 Å². The minimum absolute atomic E-state index is 0.0382. The Hall–Kier alpha value is -4.95. The summed E-state index contributed by atoms with van der Waals surface area (Å²) in [6.45, 7) is 3.57. The van der Waals surface area contributed by atoms with Crippen LogP contribution in [0.1, 0.15) is 34.1 Å². The Morgan fingerprint density at radius 3 is 2.65 bits per heavy atom. The number of nitro benzene ring substituents is 1. The lowest BCUT2D eigenvalue weighted by molar-refractivity contribution is -0.384. The van der Waals surface area contributed by atoms with Gasteiger partial charge < -0.3 is 9.51 Å². The molecule has 5 aromatic rings. The molecule has 11 nitrogen and oxygen atoms in total. The zero-order chi connectivity index (χ0) is 30.4. The van der Waals surface area contributed by atoms with Crippen molar-refractivity contribution in [3.05, 3.63) is 116 Å². The Kier molecular flexibility index (Phi) is 7.23. The average Bonchev–Trinajstić information content (AvgIpc) is 3.67. The zero-order valence-corrected chi connectivity index (χ0v) is 24.2. The number of hydrogen-bond donors (Lipinski definition) is 1. The average molecular weight is 617 g/mol. The molecule has 1 fully saturated rings. The molecule has 1 unspecified atom stereocenters. The predicted octanol–water partition coefficient (Wildman–Crippen LogP) is 5.77. The van der Waals surface area contributed by atoms with Crippen LogP contribution in [0.5, 0.6) is 0 Å². The van der Waals surface area contributed by atoms with Crippen molar-refractivity contribution in [1.29, 1.82) is 0 Å². The van der Waals surface area contributed by atoms with E-state index in [1.54, 1.807) is 35.7 Å². The highest BCUT2D eigenvalue weighted by atomic mass is 32.2. The molecule has 216 valence electrons. The van der Waals surface area contributed by atoms with E-state index in [0.29, 0.717) is 21.2 Å². The minimum atomic E-state index is -1.26. The number of carbonyl (C=O) groups is 2. The van der Waals surface area contributed by atoms with E-state index in [2.05, 4.69) is 15.2 Å². The largest absolute Gasteiger partial charge is 0.505 e. The molecular weight excluding hydrogens is 595 g/mol. The molecule has 0 spiro atoms. The number of anilines is 1. The van der Waals surface area contributed by atoms with E-state index in [1.807, 2.05) is 19.1 Å². The van der Waals surface area contributed by atoms with Gasteiger partial charge >= 0.3 is 5.91 Å². The second kappa shape index (κ2) is 11.0. The number of nitrogens with zero attached hydrogens (tertiary/aromatic N) is 6. The van der Waals surface area contributed by atoms with Crippen molar-refractivity contribution in [3.63, 3.8) is 0 Å². The predicted molar refractivity (Wildman–Crippen MR) is 158 cm³/mol. The van der Waals surface area contributed by atoms with Gasteiger partial charge in [-0.2, -0.15) is 0 Å². The number of fused-ring (bicyclic) bond motifs is 1. The summed E-state index contributed by atoms with van der Waals surface area (Å²) in [6, 6.07) is 14.2. The molecule has 43 heavy (non-hydrogen) atoms. The number of Topliss-reactive ketones (excluding diaryl/α,β-unsaturated/α-hetero) is 1. The number of rotatable bonds is 7. The molecule has 0 bridgehead atoms. The summed E-state index contributed by atoms with van der Waals surface area (Å²) in [5.74, 6) is -2.62. The maximum absolute atomic E-state index is 14.1. The highest BCUT2D eigenvalue weighted by molar-refractivity contribution is 8.00. The molecule has 6 rings (SSSR count). The van der Waals surface area contributed by atoms with Gasteiger partial charge in [-0.3, -0.25) is 24.6 Å². The number of thioether (sulfide) groups is 1. The molecular formula is C29H21FN6O5S2. The second-order valence-corrected chi connectivity index (χ2v) is 11.9. The van der Waals surface area contributed by atoms with Crippen molar-refractivity contribution in [3.8, 4) is 0 Å². The van der Waals surface area contributed by atoms with Crippen molar-refractivity contribution in [1.82, 2.24) is 19.6 Å². The van der Waals surface area contributed by atoms with Crippen LogP contribution in [0.4, 0.5) is 15.2 Å². The molecule has 3 aromatic heterocycles. The number of halogens is 1. The van der Waals surface area contributed by atoms with Crippen molar-refractivity contribution >= 4 is 57.0 Å². The fraction of sp³-hybridized carbons (Fsp3) is 0.138. The Bertz CT molecular complexity index is 1990. The van der Waals surface area contributed by atoms with Gasteiger partial charge in [0, 0.05) is 24.1 Å². The zero-order valence-electron chi connectivity index (χ0n) is 22.6. The van der Waals surface area contributed by atoms with Crippen LogP contribution in [0.3, 0.4) is 0 Å². The van der Waals surface area contributed by atoms with E-state index < -0.39 is 28.4 Å². The standard InChI is InChI=1S/C29H21FN6O5S2/c1-15-7-6-12-34-16(2)22(31-26(15)34)24(37)21-23(17-9-5-10-19(13-17)36(40)41)35(27(39)25(21)38)28-32-33-29(43-28)42-14-18-8-3-4-11-20(18)30/h3-13,23,37H,14H2,1-2H3/b24-21+. The first-order chi connectivity index (χ1) is 20.7. The summed E-state index contributed by atoms with van der Waals surface area (Å²) in [5.41, 5.74) is 2.14. The summed E-state index contributed by atoms with van der Waals surface area (Å²) >= 11 is 2.20.